The van der Waals surface area contributed by atoms with Crippen LogP contribution in [0.4, 0.5) is 0 Å². The number of allylic oxidation sites excluding steroid dienone is 1. The highest BCUT2D eigenvalue weighted by molar-refractivity contribution is 5.66. The molecule has 180 valence electrons. The number of benzene rings is 1. The average molecular weight is 445 g/mol. The number of carboxylic acids is 1. The molecule has 0 saturated heterocycles. The first kappa shape index (κ1) is 26.3. The number of carboxylic acid groups (broad SMARTS) is 1. The average Bonchev–Trinajstić information content (AvgIpc) is 2.71. The van der Waals surface area contributed by atoms with Crippen LogP contribution in [0.15, 0.2) is 12.2 Å². The van der Waals surface area contributed by atoms with Crippen LogP contribution in [0, 0.1) is 32.6 Å². The van der Waals surface area contributed by atoms with Gasteiger partial charge in [-0.05, 0) is 88.0 Å². The minimum Gasteiger partial charge on any atom is -0.493 e. The summed E-state index contributed by atoms with van der Waals surface area (Å²) in [4.78, 5) is 10.8. The summed E-state index contributed by atoms with van der Waals surface area (Å²) in [7, 11) is 0. The Kier molecular flexibility index (Phi) is 9.66. The van der Waals surface area contributed by atoms with Crippen molar-refractivity contribution >= 4 is 5.97 Å². The topological polar surface area (TPSA) is 55.8 Å². The Bertz CT molecular complexity index is 808. The first-order valence-corrected chi connectivity index (χ1v) is 12.4. The summed E-state index contributed by atoms with van der Waals surface area (Å²) in [6, 6.07) is 0. The molecule has 0 aliphatic carbocycles. The Morgan fingerprint density at radius 2 is 1.84 bits per heavy atom. The maximum atomic E-state index is 10.8. The van der Waals surface area contributed by atoms with Crippen molar-refractivity contribution in [2.24, 2.45) is 11.8 Å². The van der Waals surface area contributed by atoms with Gasteiger partial charge in [0.25, 0.3) is 0 Å². The number of hydrogen-bond acceptors (Lipinski definition) is 3. The Hall–Kier alpha value is -1.97. The molecule has 4 nitrogen and oxygen atoms in total. The van der Waals surface area contributed by atoms with Crippen LogP contribution in [0.25, 0.3) is 0 Å². The maximum absolute atomic E-state index is 10.8. The molecule has 32 heavy (non-hydrogen) atoms. The van der Waals surface area contributed by atoms with Crippen LogP contribution in [-0.2, 0) is 11.2 Å². The molecule has 0 fully saturated rings. The van der Waals surface area contributed by atoms with E-state index < -0.39 is 5.97 Å². The highest BCUT2D eigenvalue weighted by Gasteiger charge is 2.32. The van der Waals surface area contributed by atoms with Crippen molar-refractivity contribution in [2.45, 2.75) is 105 Å². The predicted octanol–water partition coefficient (Wildman–Crippen LogP) is 7.35. The van der Waals surface area contributed by atoms with Crippen molar-refractivity contribution in [3.8, 4) is 11.5 Å². The number of rotatable bonds is 12. The van der Waals surface area contributed by atoms with E-state index in [-0.39, 0.29) is 12.0 Å². The molecule has 1 aromatic rings. The SMILES string of the molecule is Cc1c(C)c2c(c(C)c1OCCCC(=O)O)CCC(C)(C=CCC(C)CCCC(C)C)O2. The van der Waals surface area contributed by atoms with Gasteiger partial charge in [-0.3, -0.25) is 4.79 Å². The van der Waals surface area contributed by atoms with Crippen LogP contribution >= 0.6 is 0 Å². The number of carbonyl (C=O) groups is 1. The quantitative estimate of drug-likeness (QED) is 0.270. The van der Waals surface area contributed by atoms with Crippen molar-refractivity contribution in [3.05, 3.63) is 34.4 Å². The third-order valence-corrected chi connectivity index (χ3v) is 6.79. The summed E-state index contributed by atoms with van der Waals surface area (Å²) in [5.41, 5.74) is 4.29. The highest BCUT2D eigenvalue weighted by atomic mass is 16.5. The lowest BCUT2D eigenvalue weighted by Gasteiger charge is -2.36. The third kappa shape index (κ3) is 7.28. The largest absolute Gasteiger partial charge is 0.493 e. The number of fused-ring (bicyclic) bond motifs is 1. The maximum Gasteiger partial charge on any atom is 0.303 e. The zero-order valence-corrected chi connectivity index (χ0v) is 21.3. The fraction of sp³-hybridized carbons (Fsp3) is 0.679. The molecule has 1 aliphatic heterocycles. The molecule has 0 amide bonds. The molecule has 2 atom stereocenters. The van der Waals surface area contributed by atoms with Crippen molar-refractivity contribution in [1.29, 1.82) is 0 Å². The van der Waals surface area contributed by atoms with E-state index in [4.69, 9.17) is 14.6 Å². The van der Waals surface area contributed by atoms with Gasteiger partial charge in [-0.25, -0.2) is 0 Å². The van der Waals surface area contributed by atoms with Gasteiger partial charge in [-0.1, -0.05) is 46.1 Å². The van der Waals surface area contributed by atoms with Gasteiger partial charge in [-0.15, -0.1) is 0 Å². The molecule has 0 aromatic heterocycles. The van der Waals surface area contributed by atoms with Crippen LogP contribution < -0.4 is 9.47 Å². The second-order valence-corrected chi connectivity index (χ2v) is 10.3. The van der Waals surface area contributed by atoms with Crippen molar-refractivity contribution < 1.29 is 19.4 Å². The van der Waals surface area contributed by atoms with E-state index in [1.54, 1.807) is 0 Å². The Balaban J connectivity index is 2.05. The minimum absolute atomic E-state index is 0.131. The fourth-order valence-electron chi connectivity index (χ4n) is 4.53. The molecule has 1 N–H and O–H groups in total. The Labute approximate surface area is 195 Å². The zero-order chi connectivity index (χ0) is 23.9. The molecule has 1 heterocycles. The number of hydrogen-bond donors (Lipinski definition) is 1. The molecule has 2 unspecified atom stereocenters. The van der Waals surface area contributed by atoms with E-state index in [1.807, 2.05) is 0 Å². The summed E-state index contributed by atoms with van der Waals surface area (Å²) in [6.45, 7) is 15.8. The number of aliphatic carboxylic acids is 1. The second kappa shape index (κ2) is 11.8. The molecular formula is C28H44O4. The summed E-state index contributed by atoms with van der Waals surface area (Å²) in [6.07, 6.45) is 12.2. The van der Waals surface area contributed by atoms with Gasteiger partial charge in [-0.2, -0.15) is 0 Å². The van der Waals surface area contributed by atoms with Gasteiger partial charge in [0, 0.05) is 12.0 Å². The lowest BCUT2D eigenvalue weighted by atomic mass is 9.86. The summed E-state index contributed by atoms with van der Waals surface area (Å²) in [5.74, 6) is 2.61. The van der Waals surface area contributed by atoms with E-state index in [9.17, 15) is 4.79 Å². The van der Waals surface area contributed by atoms with E-state index in [1.165, 1.54) is 24.8 Å². The molecule has 0 radical (unpaired) electrons. The highest BCUT2D eigenvalue weighted by Crippen LogP contribution is 2.44. The summed E-state index contributed by atoms with van der Waals surface area (Å²) < 4.78 is 12.6. The lowest BCUT2D eigenvalue weighted by Crippen LogP contribution is -2.35. The lowest BCUT2D eigenvalue weighted by molar-refractivity contribution is -0.137. The molecule has 4 heteroatoms. The molecular weight excluding hydrogens is 400 g/mol. The van der Waals surface area contributed by atoms with Crippen LogP contribution in [-0.4, -0.2) is 23.3 Å². The molecule has 1 aliphatic rings. The molecule has 0 bridgehead atoms. The van der Waals surface area contributed by atoms with Crippen LogP contribution in [0.2, 0.25) is 0 Å². The molecule has 0 saturated carbocycles. The van der Waals surface area contributed by atoms with Crippen molar-refractivity contribution in [2.75, 3.05) is 6.61 Å². The van der Waals surface area contributed by atoms with E-state index >= 15 is 0 Å². The minimum atomic E-state index is -0.783. The zero-order valence-electron chi connectivity index (χ0n) is 21.3. The second-order valence-electron chi connectivity index (χ2n) is 10.3. The predicted molar refractivity (Wildman–Crippen MR) is 132 cm³/mol. The Morgan fingerprint density at radius 1 is 1.12 bits per heavy atom. The van der Waals surface area contributed by atoms with Crippen LogP contribution in [0.5, 0.6) is 11.5 Å². The van der Waals surface area contributed by atoms with Crippen LogP contribution in [0.1, 0.15) is 94.9 Å². The normalized spacial score (nSPS) is 19.1. The molecule has 1 aromatic carbocycles. The van der Waals surface area contributed by atoms with Gasteiger partial charge in [0.1, 0.15) is 17.1 Å². The molecule has 2 rings (SSSR count). The van der Waals surface area contributed by atoms with Gasteiger partial charge in [0.15, 0.2) is 0 Å². The van der Waals surface area contributed by atoms with Gasteiger partial charge in [0.05, 0.1) is 6.61 Å². The third-order valence-electron chi connectivity index (χ3n) is 6.79. The van der Waals surface area contributed by atoms with Crippen molar-refractivity contribution in [1.82, 2.24) is 0 Å². The summed E-state index contributed by atoms with van der Waals surface area (Å²) >= 11 is 0. The van der Waals surface area contributed by atoms with Gasteiger partial charge >= 0.3 is 5.97 Å². The molecule has 0 spiro atoms. The van der Waals surface area contributed by atoms with E-state index in [0.29, 0.717) is 18.9 Å². The van der Waals surface area contributed by atoms with Gasteiger partial charge in [0.2, 0.25) is 0 Å². The fourth-order valence-corrected chi connectivity index (χ4v) is 4.53. The standard InChI is InChI=1S/C28H44O4/c1-19(2)11-8-12-20(3)13-9-16-28(7)17-15-24-23(6)26(31-18-10-14-25(29)30)21(4)22(5)27(24)32-28/h9,16,19-20H,8,10-15,17-18H2,1-7H3,(H,29,30). The first-order chi connectivity index (χ1) is 15.0. The van der Waals surface area contributed by atoms with E-state index in [2.05, 4.69) is 60.6 Å². The Morgan fingerprint density at radius 3 is 2.50 bits per heavy atom. The first-order valence-electron chi connectivity index (χ1n) is 12.4. The van der Waals surface area contributed by atoms with Gasteiger partial charge < -0.3 is 14.6 Å². The van der Waals surface area contributed by atoms with Crippen LogP contribution in [0.3, 0.4) is 0 Å². The summed E-state index contributed by atoms with van der Waals surface area (Å²) in [5, 5.41) is 8.84. The smallest absolute Gasteiger partial charge is 0.303 e. The van der Waals surface area contributed by atoms with E-state index in [0.717, 1.165) is 53.4 Å². The number of ether oxygens (including phenoxy) is 2. The monoisotopic (exact) mass is 444 g/mol. The van der Waals surface area contributed by atoms with Crippen molar-refractivity contribution in [3.63, 3.8) is 0 Å².